The maximum atomic E-state index is 4.37. The molecule has 4 heteroatoms. The van der Waals surface area contributed by atoms with Crippen molar-refractivity contribution in [3.05, 3.63) is 48.0 Å². The summed E-state index contributed by atoms with van der Waals surface area (Å²) in [5, 5.41) is 11.9. The molecule has 4 nitrogen and oxygen atoms in total. The van der Waals surface area contributed by atoms with Crippen LogP contribution < -0.4 is 5.32 Å². The van der Waals surface area contributed by atoms with E-state index in [0.29, 0.717) is 0 Å². The molecule has 1 fully saturated rings. The van der Waals surface area contributed by atoms with Gasteiger partial charge in [-0.05, 0) is 31.5 Å². The summed E-state index contributed by atoms with van der Waals surface area (Å²) in [6, 6.07) is 10.7. The summed E-state index contributed by atoms with van der Waals surface area (Å²) in [4.78, 5) is 0. The maximum absolute atomic E-state index is 4.37. The predicted octanol–water partition coefficient (Wildman–Crippen LogP) is 1.48. The van der Waals surface area contributed by atoms with Gasteiger partial charge in [0.25, 0.3) is 0 Å². The summed E-state index contributed by atoms with van der Waals surface area (Å²) >= 11 is 0. The Hall–Kier alpha value is -1.68. The largest absolute Gasteiger partial charge is 0.320 e. The molecule has 0 unspecified atom stereocenters. The standard InChI is InChI=1S/C14H18N4/c1-18-11-16-17-13(18)14(7-9-15-10-8-14)12-5-3-2-4-6-12/h2-6,11,15H,7-10H2,1H3. The molecule has 18 heavy (non-hydrogen) atoms. The Bertz CT molecular complexity index is 512. The second-order valence-electron chi connectivity index (χ2n) is 4.96. The van der Waals surface area contributed by atoms with Gasteiger partial charge in [-0.3, -0.25) is 0 Å². The minimum Gasteiger partial charge on any atom is -0.320 e. The van der Waals surface area contributed by atoms with E-state index in [-0.39, 0.29) is 5.41 Å². The lowest BCUT2D eigenvalue weighted by molar-refractivity contribution is 0.338. The average molecular weight is 242 g/mol. The van der Waals surface area contributed by atoms with E-state index in [4.69, 9.17) is 0 Å². The van der Waals surface area contributed by atoms with E-state index in [0.717, 1.165) is 31.8 Å². The van der Waals surface area contributed by atoms with Crippen molar-refractivity contribution in [1.29, 1.82) is 0 Å². The lowest BCUT2D eigenvalue weighted by atomic mass is 9.72. The van der Waals surface area contributed by atoms with Gasteiger partial charge in [-0.2, -0.15) is 0 Å². The van der Waals surface area contributed by atoms with Crippen LogP contribution in [-0.4, -0.2) is 27.9 Å². The third-order valence-electron chi connectivity index (χ3n) is 3.92. The lowest BCUT2D eigenvalue weighted by Gasteiger charge is -2.37. The van der Waals surface area contributed by atoms with Crippen LogP contribution in [0.1, 0.15) is 24.2 Å². The molecule has 1 aromatic heterocycles. The van der Waals surface area contributed by atoms with Gasteiger partial charge in [-0.15, -0.1) is 10.2 Å². The fourth-order valence-electron chi connectivity index (χ4n) is 2.97. The normalized spacial score (nSPS) is 18.7. The van der Waals surface area contributed by atoms with Crippen molar-refractivity contribution >= 4 is 0 Å². The van der Waals surface area contributed by atoms with Crippen LogP contribution in [0.5, 0.6) is 0 Å². The van der Waals surface area contributed by atoms with E-state index < -0.39 is 0 Å². The molecule has 94 valence electrons. The molecule has 0 amide bonds. The summed E-state index contributed by atoms with van der Waals surface area (Å²) in [6.45, 7) is 2.06. The molecule has 3 rings (SSSR count). The van der Waals surface area contributed by atoms with Gasteiger partial charge >= 0.3 is 0 Å². The molecule has 1 aromatic carbocycles. The Morgan fingerprint density at radius 3 is 2.50 bits per heavy atom. The molecule has 0 atom stereocenters. The zero-order valence-corrected chi connectivity index (χ0v) is 10.6. The van der Waals surface area contributed by atoms with Crippen molar-refractivity contribution in [2.24, 2.45) is 7.05 Å². The minimum absolute atomic E-state index is 0.0117. The first-order valence-corrected chi connectivity index (χ1v) is 6.44. The van der Waals surface area contributed by atoms with Gasteiger partial charge < -0.3 is 9.88 Å². The Balaban J connectivity index is 2.12. The molecule has 0 spiro atoms. The van der Waals surface area contributed by atoms with E-state index in [2.05, 4.69) is 50.4 Å². The Labute approximate surface area is 107 Å². The van der Waals surface area contributed by atoms with Gasteiger partial charge in [0.1, 0.15) is 12.2 Å². The summed E-state index contributed by atoms with van der Waals surface area (Å²) in [7, 11) is 2.03. The first-order valence-electron chi connectivity index (χ1n) is 6.44. The molecule has 2 aromatic rings. The summed E-state index contributed by atoms with van der Waals surface area (Å²) < 4.78 is 2.05. The van der Waals surface area contributed by atoms with Crippen molar-refractivity contribution < 1.29 is 0 Å². The van der Waals surface area contributed by atoms with Crippen molar-refractivity contribution in [3.63, 3.8) is 0 Å². The van der Waals surface area contributed by atoms with E-state index in [1.54, 1.807) is 6.33 Å². The Morgan fingerprint density at radius 2 is 1.89 bits per heavy atom. The van der Waals surface area contributed by atoms with Gasteiger partial charge in [0.2, 0.25) is 0 Å². The van der Waals surface area contributed by atoms with E-state index >= 15 is 0 Å². The number of benzene rings is 1. The molecular formula is C14H18N4. The van der Waals surface area contributed by atoms with Crippen LogP contribution in [0.2, 0.25) is 0 Å². The number of hydrogen-bond acceptors (Lipinski definition) is 3. The molecule has 0 aliphatic carbocycles. The van der Waals surface area contributed by atoms with Crippen molar-refractivity contribution in [2.75, 3.05) is 13.1 Å². The number of piperidine rings is 1. The number of rotatable bonds is 2. The van der Waals surface area contributed by atoms with Gasteiger partial charge in [0.05, 0.1) is 5.41 Å². The molecular weight excluding hydrogens is 224 g/mol. The number of aromatic nitrogens is 3. The van der Waals surface area contributed by atoms with Crippen LogP contribution in [0.3, 0.4) is 0 Å². The zero-order chi connectivity index (χ0) is 12.4. The number of nitrogens with one attached hydrogen (secondary N) is 1. The highest BCUT2D eigenvalue weighted by Crippen LogP contribution is 2.38. The van der Waals surface area contributed by atoms with E-state index in [1.807, 2.05) is 7.05 Å². The monoisotopic (exact) mass is 242 g/mol. The second-order valence-corrected chi connectivity index (χ2v) is 4.96. The van der Waals surface area contributed by atoms with Crippen molar-refractivity contribution in [2.45, 2.75) is 18.3 Å². The summed E-state index contributed by atoms with van der Waals surface area (Å²) in [6.07, 6.45) is 3.94. The third kappa shape index (κ3) is 1.73. The highest BCUT2D eigenvalue weighted by atomic mass is 15.3. The van der Waals surface area contributed by atoms with Crippen LogP contribution in [-0.2, 0) is 12.5 Å². The minimum atomic E-state index is 0.0117. The van der Waals surface area contributed by atoms with Crippen LogP contribution in [0.15, 0.2) is 36.7 Å². The molecule has 0 saturated carbocycles. The van der Waals surface area contributed by atoms with E-state index in [9.17, 15) is 0 Å². The molecule has 1 N–H and O–H groups in total. The molecule has 1 saturated heterocycles. The lowest BCUT2D eigenvalue weighted by Crippen LogP contribution is -2.42. The number of nitrogens with zero attached hydrogens (tertiary/aromatic N) is 3. The van der Waals surface area contributed by atoms with Gasteiger partial charge in [-0.25, -0.2) is 0 Å². The van der Waals surface area contributed by atoms with Gasteiger partial charge in [0, 0.05) is 7.05 Å². The first kappa shape index (κ1) is 11.4. The fraction of sp³-hybridized carbons (Fsp3) is 0.429. The van der Waals surface area contributed by atoms with Gasteiger partial charge in [0.15, 0.2) is 0 Å². The van der Waals surface area contributed by atoms with Gasteiger partial charge in [-0.1, -0.05) is 30.3 Å². The predicted molar refractivity (Wildman–Crippen MR) is 70.3 cm³/mol. The number of hydrogen-bond donors (Lipinski definition) is 1. The smallest absolute Gasteiger partial charge is 0.143 e. The van der Waals surface area contributed by atoms with Crippen LogP contribution in [0.4, 0.5) is 0 Å². The van der Waals surface area contributed by atoms with Crippen molar-refractivity contribution in [3.8, 4) is 0 Å². The molecule has 0 bridgehead atoms. The third-order valence-corrected chi connectivity index (χ3v) is 3.92. The molecule has 1 aliphatic heterocycles. The highest BCUT2D eigenvalue weighted by molar-refractivity contribution is 5.33. The van der Waals surface area contributed by atoms with Crippen molar-refractivity contribution in [1.82, 2.24) is 20.1 Å². The molecule has 0 radical (unpaired) electrons. The fourth-order valence-corrected chi connectivity index (χ4v) is 2.97. The second kappa shape index (κ2) is 4.53. The highest BCUT2D eigenvalue weighted by Gasteiger charge is 2.39. The SMILES string of the molecule is Cn1cnnc1C1(c2ccccc2)CCNCC1. The van der Waals surface area contributed by atoms with Crippen LogP contribution in [0, 0.1) is 0 Å². The maximum Gasteiger partial charge on any atom is 0.143 e. The van der Waals surface area contributed by atoms with Crippen LogP contribution in [0.25, 0.3) is 0 Å². The quantitative estimate of drug-likeness (QED) is 0.867. The molecule has 2 heterocycles. The number of aryl methyl sites for hydroxylation is 1. The Morgan fingerprint density at radius 1 is 1.17 bits per heavy atom. The van der Waals surface area contributed by atoms with E-state index in [1.165, 1.54) is 5.56 Å². The molecule has 1 aliphatic rings. The van der Waals surface area contributed by atoms with Crippen LogP contribution >= 0.6 is 0 Å². The average Bonchev–Trinajstić information content (AvgIpc) is 2.87. The summed E-state index contributed by atoms with van der Waals surface area (Å²) in [5.41, 5.74) is 1.36. The Kier molecular flexibility index (Phi) is 2.88. The first-order chi connectivity index (χ1) is 8.83. The topological polar surface area (TPSA) is 42.7 Å². The summed E-state index contributed by atoms with van der Waals surface area (Å²) in [5.74, 6) is 1.08. The zero-order valence-electron chi connectivity index (χ0n) is 10.6.